The number of anilines is 1. The summed E-state index contributed by atoms with van der Waals surface area (Å²) < 4.78 is 0. The molecule has 0 aliphatic carbocycles. The summed E-state index contributed by atoms with van der Waals surface area (Å²) in [6, 6.07) is 7.49. The minimum Gasteiger partial charge on any atom is -0.507 e. The monoisotopic (exact) mass is 231 g/mol. The Morgan fingerprint density at radius 3 is 2.59 bits per heavy atom. The molecule has 3 N–H and O–H groups in total. The van der Waals surface area contributed by atoms with E-state index in [1.165, 1.54) is 24.4 Å². The number of aromatic hydroxyl groups is 1. The van der Waals surface area contributed by atoms with Gasteiger partial charge in [0.1, 0.15) is 11.9 Å². The highest BCUT2D eigenvalue weighted by atomic mass is 16.6. The maximum absolute atomic E-state index is 10.4. The highest BCUT2D eigenvalue weighted by Gasteiger charge is 2.10. The normalized spacial score (nSPS) is 10.1. The first-order valence-corrected chi connectivity index (χ1v) is 4.77. The molecule has 0 bridgehead atoms. The molecule has 0 aliphatic heterocycles. The van der Waals surface area contributed by atoms with Crippen LogP contribution in [0.15, 0.2) is 36.5 Å². The van der Waals surface area contributed by atoms with Gasteiger partial charge in [0.15, 0.2) is 0 Å². The predicted molar refractivity (Wildman–Crippen MR) is 62.4 cm³/mol. The van der Waals surface area contributed by atoms with Crippen molar-refractivity contribution in [2.75, 3.05) is 5.73 Å². The molecule has 6 nitrogen and oxygen atoms in total. The summed E-state index contributed by atoms with van der Waals surface area (Å²) in [5.74, 6) is -0.218. The van der Waals surface area contributed by atoms with Gasteiger partial charge in [0.2, 0.25) is 0 Å². The third-order valence-corrected chi connectivity index (χ3v) is 2.27. The second kappa shape index (κ2) is 4.09. The second-order valence-electron chi connectivity index (χ2n) is 3.44. The van der Waals surface area contributed by atoms with E-state index in [0.717, 1.165) is 0 Å². The smallest absolute Gasteiger partial charge is 0.363 e. The molecule has 0 saturated heterocycles. The molecule has 0 radical (unpaired) electrons. The van der Waals surface area contributed by atoms with Gasteiger partial charge in [0, 0.05) is 28.9 Å². The fraction of sp³-hybridized carbons (Fsp3) is 0. The average Bonchev–Trinajstić information content (AvgIpc) is 2.29. The Morgan fingerprint density at radius 2 is 2.06 bits per heavy atom. The minimum absolute atomic E-state index is 0.0145. The number of nitro groups is 1. The van der Waals surface area contributed by atoms with Crippen LogP contribution in [0.3, 0.4) is 0 Å². The summed E-state index contributed by atoms with van der Waals surface area (Å²) >= 11 is 0. The second-order valence-corrected chi connectivity index (χ2v) is 3.44. The molecule has 0 aliphatic rings. The molecule has 0 amide bonds. The fourth-order valence-electron chi connectivity index (χ4n) is 1.45. The van der Waals surface area contributed by atoms with E-state index in [4.69, 9.17) is 5.73 Å². The van der Waals surface area contributed by atoms with Crippen molar-refractivity contribution in [3.05, 3.63) is 46.6 Å². The lowest BCUT2D eigenvalue weighted by Gasteiger charge is -2.03. The van der Waals surface area contributed by atoms with Gasteiger partial charge in [-0.05, 0) is 28.1 Å². The number of aromatic nitrogens is 1. The number of phenols is 1. The highest BCUT2D eigenvalue weighted by Crippen LogP contribution is 2.30. The first kappa shape index (κ1) is 10.9. The van der Waals surface area contributed by atoms with Crippen LogP contribution in [-0.4, -0.2) is 15.0 Å². The van der Waals surface area contributed by atoms with Crippen LogP contribution in [0.25, 0.3) is 11.1 Å². The highest BCUT2D eigenvalue weighted by molar-refractivity contribution is 5.72. The zero-order valence-electron chi connectivity index (χ0n) is 8.70. The van der Waals surface area contributed by atoms with Crippen molar-refractivity contribution < 1.29 is 10.0 Å². The third kappa shape index (κ3) is 2.15. The van der Waals surface area contributed by atoms with E-state index in [9.17, 15) is 15.2 Å². The number of nitrogens with two attached hydrogens (primary N) is 1. The van der Waals surface area contributed by atoms with Crippen molar-refractivity contribution in [1.29, 1.82) is 0 Å². The number of nitrogen functional groups attached to an aromatic ring is 1. The first-order valence-electron chi connectivity index (χ1n) is 4.77. The lowest BCUT2D eigenvalue weighted by atomic mass is 10.1. The summed E-state index contributed by atoms with van der Waals surface area (Å²) in [5.41, 5.74) is 7.07. The van der Waals surface area contributed by atoms with Crippen molar-refractivity contribution in [2.24, 2.45) is 0 Å². The van der Waals surface area contributed by atoms with Gasteiger partial charge < -0.3 is 21.0 Å². The Hall–Kier alpha value is -2.63. The Morgan fingerprint density at radius 1 is 1.29 bits per heavy atom. The summed E-state index contributed by atoms with van der Waals surface area (Å²) in [6.45, 7) is 0. The van der Waals surface area contributed by atoms with Crippen LogP contribution >= 0.6 is 0 Å². The van der Waals surface area contributed by atoms with E-state index in [0.29, 0.717) is 16.8 Å². The molecule has 6 heteroatoms. The molecular formula is C11H9N3O3. The van der Waals surface area contributed by atoms with Crippen LogP contribution in [0.2, 0.25) is 0 Å². The summed E-state index contributed by atoms with van der Waals surface area (Å²) in [5, 5.41) is 20.1. The average molecular weight is 231 g/mol. The number of hydrogen-bond donors (Lipinski definition) is 2. The molecule has 2 aromatic rings. The standard InChI is InChI=1S/C11H9N3O3/c12-8-2-3-9(10(15)5-8)7-1-4-11(13-6-7)14(16)17/h1-6,15H,12H2. The molecule has 0 saturated carbocycles. The predicted octanol–water partition coefficient (Wildman–Crippen LogP) is 1.94. The SMILES string of the molecule is Nc1ccc(-c2ccc([N+](=O)[O-])nc2)c(O)c1. The summed E-state index contributed by atoms with van der Waals surface area (Å²) in [4.78, 5) is 13.5. The zero-order chi connectivity index (χ0) is 12.4. The fourth-order valence-corrected chi connectivity index (χ4v) is 1.45. The Balaban J connectivity index is 2.43. The topological polar surface area (TPSA) is 102 Å². The van der Waals surface area contributed by atoms with Gasteiger partial charge in [-0.15, -0.1) is 0 Å². The molecular weight excluding hydrogens is 222 g/mol. The van der Waals surface area contributed by atoms with Crippen LogP contribution in [0, 0.1) is 10.1 Å². The van der Waals surface area contributed by atoms with Gasteiger partial charge >= 0.3 is 5.82 Å². The van der Waals surface area contributed by atoms with E-state index < -0.39 is 4.92 Å². The number of nitrogens with zero attached hydrogens (tertiary/aromatic N) is 2. The maximum atomic E-state index is 10.4. The van der Waals surface area contributed by atoms with E-state index >= 15 is 0 Å². The molecule has 2 rings (SSSR count). The molecule has 1 heterocycles. The maximum Gasteiger partial charge on any atom is 0.363 e. The van der Waals surface area contributed by atoms with Gasteiger partial charge in [0.05, 0.1) is 0 Å². The third-order valence-electron chi connectivity index (χ3n) is 2.27. The largest absolute Gasteiger partial charge is 0.507 e. The van der Waals surface area contributed by atoms with Crippen LogP contribution in [0.5, 0.6) is 5.75 Å². The molecule has 0 unspecified atom stereocenters. The Kier molecular flexibility index (Phi) is 2.61. The van der Waals surface area contributed by atoms with Gasteiger partial charge in [0.25, 0.3) is 0 Å². The lowest BCUT2D eigenvalue weighted by molar-refractivity contribution is -0.389. The van der Waals surface area contributed by atoms with E-state index in [1.807, 2.05) is 0 Å². The van der Waals surface area contributed by atoms with Crippen molar-refractivity contribution >= 4 is 11.5 Å². The molecule has 1 aromatic carbocycles. The van der Waals surface area contributed by atoms with E-state index in [2.05, 4.69) is 4.98 Å². The molecule has 0 atom stereocenters. The number of benzene rings is 1. The van der Waals surface area contributed by atoms with Crippen LogP contribution < -0.4 is 5.73 Å². The molecule has 0 fully saturated rings. The number of hydrogen-bond acceptors (Lipinski definition) is 5. The first-order chi connectivity index (χ1) is 8.08. The molecule has 1 aromatic heterocycles. The van der Waals surface area contributed by atoms with Gasteiger partial charge in [-0.1, -0.05) is 0 Å². The van der Waals surface area contributed by atoms with Crippen LogP contribution in [0.1, 0.15) is 0 Å². The number of rotatable bonds is 2. The van der Waals surface area contributed by atoms with Crippen molar-refractivity contribution in [3.8, 4) is 16.9 Å². The van der Waals surface area contributed by atoms with Gasteiger partial charge in [-0.3, -0.25) is 0 Å². The van der Waals surface area contributed by atoms with Gasteiger partial charge in [-0.25, -0.2) is 0 Å². The van der Waals surface area contributed by atoms with Crippen molar-refractivity contribution in [2.45, 2.75) is 0 Å². The van der Waals surface area contributed by atoms with E-state index in [1.54, 1.807) is 12.1 Å². The van der Waals surface area contributed by atoms with Crippen LogP contribution in [0.4, 0.5) is 11.5 Å². The number of phenolic OH excluding ortho intramolecular Hbond substituents is 1. The number of pyridine rings is 1. The summed E-state index contributed by atoms with van der Waals surface area (Å²) in [7, 11) is 0. The molecule has 17 heavy (non-hydrogen) atoms. The van der Waals surface area contributed by atoms with Gasteiger partial charge in [-0.2, -0.15) is 0 Å². The Labute approximate surface area is 96.5 Å². The van der Waals surface area contributed by atoms with Crippen LogP contribution in [-0.2, 0) is 0 Å². The lowest BCUT2D eigenvalue weighted by Crippen LogP contribution is -1.92. The summed E-state index contributed by atoms with van der Waals surface area (Å²) in [6.07, 6.45) is 1.34. The van der Waals surface area contributed by atoms with E-state index in [-0.39, 0.29) is 11.6 Å². The zero-order valence-corrected chi connectivity index (χ0v) is 8.70. The van der Waals surface area contributed by atoms with Crippen molar-refractivity contribution in [3.63, 3.8) is 0 Å². The quantitative estimate of drug-likeness (QED) is 0.467. The molecule has 0 spiro atoms. The molecule has 86 valence electrons. The Bertz CT molecular complexity index is 567. The van der Waals surface area contributed by atoms with Crippen molar-refractivity contribution in [1.82, 2.24) is 4.98 Å². The minimum atomic E-state index is -0.577.